The number of amides is 1. The van der Waals surface area contributed by atoms with Crippen molar-refractivity contribution < 1.29 is 22.7 Å². The minimum Gasteiger partial charge on any atom is -0.465 e. The first kappa shape index (κ1) is 21.9. The molecule has 9 nitrogen and oxygen atoms in total. The standard InChI is InChI=1S/C21H19N3O6S/c1-14-3-9-17(10-4-14)31(28,29)19-11-12-20(26)24(23-19)13-18(25)22-16-7-5-15(6-8-16)21(27)30-2/h3-12H,13H2,1-2H3,(H,22,25). The van der Waals surface area contributed by atoms with Crippen LogP contribution in [-0.4, -0.2) is 37.2 Å². The maximum Gasteiger partial charge on any atom is 0.337 e. The maximum atomic E-state index is 12.8. The number of nitrogens with zero attached hydrogens (tertiary/aromatic N) is 2. The van der Waals surface area contributed by atoms with Crippen molar-refractivity contribution in [1.82, 2.24) is 9.78 Å². The van der Waals surface area contributed by atoms with Crippen LogP contribution in [0.25, 0.3) is 0 Å². The number of aryl methyl sites for hydroxylation is 1. The molecule has 0 aliphatic rings. The number of benzene rings is 2. The molecule has 3 rings (SSSR count). The fourth-order valence-corrected chi connectivity index (χ4v) is 3.86. The van der Waals surface area contributed by atoms with Gasteiger partial charge < -0.3 is 10.1 Å². The predicted molar refractivity (Wildman–Crippen MR) is 112 cm³/mol. The highest BCUT2D eigenvalue weighted by Crippen LogP contribution is 2.18. The summed E-state index contributed by atoms with van der Waals surface area (Å²) < 4.78 is 30.9. The second-order valence-electron chi connectivity index (χ2n) is 6.60. The molecule has 0 saturated carbocycles. The molecule has 0 aliphatic heterocycles. The van der Waals surface area contributed by atoms with Gasteiger partial charge in [-0.1, -0.05) is 17.7 Å². The van der Waals surface area contributed by atoms with Gasteiger partial charge in [0.25, 0.3) is 5.56 Å². The molecule has 1 aromatic heterocycles. The topological polar surface area (TPSA) is 124 Å². The number of hydrogen-bond donors (Lipinski definition) is 1. The van der Waals surface area contributed by atoms with E-state index < -0.39 is 33.8 Å². The average molecular weight is 441 g/mol. The Morgan fingerprint density at radius 1 is 1.00 bits per heavy atom. The van der Waals surface area contributed by atoms with E-state index in [1.807, 2.05) is 6.92 Å². The quantitative estimate of drug-likeness (QED) is 0.579. The Bertz CT molecular complexity index is 1280. The number of aromatic nitrogens is 2. The molecule has 0 saturated heterocycles. The van der Waals surface area contributed by atoms with Gasteiger partial charge in [0.15, 0.2) is 5.03 Å². The fraction of sp³-hybridized carbons (Fsp3) is 0.143. The van der Waals surface area contributed by atoms with Gasteiger partial charge in [0.1, 0.15) is 6.54 Å². The third-order valence-electron chi connectivity index (χ3n) is 4.33. The Morgan fingerprint density at radius 2 is 1.65 bits per heavy atom. The van der Waals surface area contributed by atoms with Gasteiger partial charge in [-0.05, 0) is 49.4 Å². The Morgan fingerprint density at radius 3 is 2.26 bits per heavy atom. The van der Waals surface area contributed by atoms with E-state index in [1.165, 1.54) is 43.5 Å². The zero-order valence-electron chi connectivity index (χ0n) is 16.7. The van der Waals surface area contributed by atoms with Crippen LogP contribution < -0.4 is 10.9 Å². The summed E-state index contributed by atoms with van der Waals surface area (Å²) in [7, 11) is -2.69. The highest BCUT2D eigenvalue weighted by Gasteiger charge is 2.21. The summed E-state index contributed by atoms with van der Waals surface area (Å²) in [6, 6.07) is 14.3. The van der Waals surface area contributed by atoms with Crippen molar-refractivity contribution in [3.63, 3.8) is 0 Å². The molecule has 0 bridgehead atoms. The Balaban J connectivity index is 1.79. The molecule has 10 heteroatoms. The molecule has 0 fully saturated rings. The van der Waals surface area contributed by atoms with Crippen LogP contribution >= 0.6 is 0 Å². The Labute approximate surface area is 178 Å². The zero-order chi connectivity index (χ0) is 22.6. The van der Waals surface area contributed by atoms with Crippen molar-refractivity contribution >= 4 is 27.4 Å². The molecule has 0 radical (unpaired) electrons. The molecule has 1 N–H and O–H groups in total. The zero-order valence-corrected chi connectivity index (χ0v) is 17.5. The van der Waals surface area contributed by atoms with E-state index in [0.717, 1.165) is 22.4 Å². The minimum absolute atomic E-state index is 0.0333. The normalized spacial score (nSPS) is 11.0. The first-order chi connectivity index (χ1) is 14.7. The summed E-state index contributed by atoms with van der Waals surface area (Å²) in [6.45, 7) is 1.34. The number of esters is 1. The summed E-state index contributed by atoms with van der Waals surface area (Å²) in [6.07, 6.45) is 0. The van der Waals surface area contributed by atoms with Gasteiger partial charge in [-0.25, -0.2) is 17.9 Å². The Kier molecular flexibility index (Phi) is 6.30. The number of nitrogens with one attached hydrogen (secondary N) is 1. The Hall–Kier alpha value is -3.79. The van der Waals surface area contributed by atoms with Crippen molar-refractivity contribution in [2.45, 2.75) is 23.4 Å². The van der Waals surface area contributed by atoms with Gasteiger partial charge in [-0.3, -0.25) is 9.59 Å². The molecule has 31 heavy (non-hydrogen) atoms. The smallest absolute Gasteiger partial charge is 0.337 e. The van der Waals surface area contributed by atoms with Crippen LogP contribution in [-0.2, 0) is 25.9 Å². The maximum absolute atomic E-state index is 12.8. The predicted octanol–water partition coefficient (Wildman–Crippen LogP) is 1.81. The second kappa shape index (κ2) is 8.92. The van der Waals surface area contributed by atoms with Crippen molar-refractivity contribution in [3.8, 4) is 0 Å². The monoisotopic (exact) mass is 441 g/mol. The summed E-state index contributed by atoms with van der Waals surface area (Å²) in [5, 5.41) is 6.08. The molecule has 0 atom stereocenters. The molecular weight excluding hydrogens is 422 g/mol. The van der Waals surface area contributed by atoms with E-state index in [0.29, 0.717) is 11.3 Å². The number of carbonyl (C=O) groups is 2. The number of methoxy groups -OCH3 is 1. The molecule has 0 unspecified atom stereocenters. The van der Waals surface area contributed by atoms with Crippen LogP contribution in [0.3, 0.4) is 0 Å². The average Bonchev–Trinajstić information content (AvgIpc) is 2.75. The van der Waals surface area contributed by atoms with E-state index in [1.54, 1.807) is 12.1 Å². The van der Waals surface area contributed by atoms with E-state index in [9.17, 15) is 22.8 Å². The molecule has 1 heterocycles. The van der Waals surface area contributed by atoms with Crippen LogP contribution in [0.15, 0.2) is 75.4 Å². The lowest BCUT2D eigenvalue weighted by molar-refractivity contribution is -0.117. The van der Waals surface area contributed by atoms with Gasteiger partial charge in [0.2, 0.25) is 15.7 Å². The lowest BCUT2D eigenvalue weighted by Gasteiger charge is -2.09. The summed E-state index contributed by atoms with van der Waals surface area (Å²) in [5.41, 5.74) is 0.966. The number of carbonyl (C=O) groups excluding carboxylic acids is 2. The van der Waals surface area contributed by atoms with E-state index >= 15 is 0 Å². The lowest BCUT2D eigenvalue weighted by atomic mass is 10.2. The number of anilines is 1. The minimum atomic E-state index is -3.95. The summed E-state index contributed by atoms with van der Waals surface area (Å²) in [5.74, 6) is -1.11. The highest BCUT2D eigenvalue weighted by molar-refractivity contribution is 7.91. The van der Waals surface area contributed by atoms with Crippen molar-refractivity contribution in [3.05, 3.63) is 82.1 Å². The lowest BCUT2D eigenvalue weighted by Crippen LogP contribution is -2.30. The molecule has 0 spiro atoms. The van der Waals surface area contributed by atoms with Crippen LogP contribution in [0, 0.1) is 6.92 Å². The molecule has 0 aliphatic carbocycles. The largest absolute Gasteiger partial charge is 0.465 e. The van der Waals surface area contributed by atoms with Crippen molar-refractivity contribution in [2.24, 2.45) is 0 Å². The van der Waals surface area contributed by atoms with E-state index in [-0.39, 0.29) is 9.92 Å². The molecule has 160 valence electrons. The van der Waals surface area contributed by atoms with Gasteiger partial charge in [-0.2, -0.15) is 5.10 Å². The van der Waals surface area contributed by atoms with Crippen molar-refractivity contribution in [1.29, 1.82) is 0 Å². The van der Waals surface area contributed by atoms with Gasteiger partial charge in [0.05, 0.1) is 17.6 Å². The highest BCUT2D eigenvalue weighted by atomic mass is 32.2. The summed E-state index contributed by atoms with van der Waals surface area (Å²) >= 11 is 0. The first-order valence-electron chi connectivity index (χ1n) is 9.09. The van der Waals surface area contributed by atoms with E-state index in [2.05, 4.69) is 15.2 Å². The summed E-state index contributed by atoms with van der Waals surface area (Å²) in [4.78, 5) is 35.9. The van der Waals surface area contributed by atoms with Crippen LogP contribution in [0.2, 0.25) is 0 Å². The van der Waals surface area contributed by atoms with Crippen LogP contribution in [0.4, 0.5) is 5.69 Å². The van der Waals surface area contributed by atoms with Crippen LogP contribution in [0.1, 0.15) is 15.9 Å². The number of rotatable bonds is 6. The van der Waals surface area contributed by atoms with Crippen LogP contribution in [0.5, 0.6) is 0 Å². The molecular formula is C21H19N3O6S. The third kappa shape index (κ3) is 5.04. The molecule has 3 aromatic rings. The molecule has 1 amide bonds. The SMILES string of the molecule is COC(=O)c1ccc(NC(=O)Cn2nc(S(=O)(=O)c3ccc(C)cc3)ccc2=O)cc1. The second-order valence-corrected chi connectivity index (χ2v) is 8.50. The molecule has 2 aromatic carbocycles. The van der Waals surface area contributed by atoms with Gasteiger partial charge in [-0.15, -0.1) is 0 Å². The van der Waals surface area contributed by atoms with Crippen molar-refractivity contribution in [2.75, 3.05) is 12.4 Å². The third-order valence-corrected chi connectivity index (χ3v) is 5.99. The number of hydrogen-bond acceptors (Lipinski definition) is 7. The first-order valence-corrected chi connectivity index (χ1v) is 10.6. The fourth-order valence-electron chi connectivity index (χ4n) is 2.67. The van der Waals surface area contributed by atoms with Gasteiger partial charge in [0, 0.05) is 11.8 Å². The number of ether oxygens (including phenoxy) is 1. The van der Waals surface area contributed by atoms with E-state index in [4.69, 9.17) is 0 Å². The number of sulfone groups is 1. The van der Waals surface area contributed by atoms with Gasteiger partial charge >= 0.3 is 5.97 Å².